The second-order valence-corrected chi connectivity index (χ2v) is 8.05. The first-order chi connectivity index (χ1) is 16.9. The number of hydrogen-bond donors (Lipinski definition) is 1. The Morgan fingerprint density at radius 2 is 1.83 bits per heavy atom. The van der Waals surface area contributed by atoms with Crippen molar-refractivity contribution >= 4 is 22.9 Å². The molecule has 1 aliphatic rings. The molecule has 2 aromatic carbocycles. The highest BCUT2D eigenvalue weighted by molar-refractivity contribution is 7.80. The Labute approximate surface area is 208 Å². The predicted molar refractivity (Wildman–Crippen MR) is 134 cm³/mol. The molecule has 0 bridgehead atoms. The maximum Gasteiger partial charge on any atom is 0.258 e. The number of rotatable bonds is 8. The summed E-state index contributed by atoms with van der Waals surface area (Å²) in [6, 6.07) is 9.68. The molecule has 0 saturated heterocycles. The van der Waals surface area contributed by atoms with Gasteiger partial charge < -0.3 is 29.0 Å². The number of allylic oxidation sites excluding steroid dienone is 1. The second-order valence-electron chi connectivity index (χ2n) is 7.67. The first kappa shape index (κ1) is 24.2. The van der Waals surface area contributed by atoms with E-state index < -0.39 is 11.9 Å². The molecule has 1 atom stereocenters. The second kappa shape index (κ2) is 10.1. The van der Waals surface area contributed by atoms with Crippen LogP contribution in [0, 0.1) is 5.82 Å². The fraction of sp³-hybridized carbons (Fsp3) is 0.240. The molecule has 0 saturated carbocycles. The van der Waals surface area contributed by atoms with E-state index in [0.717, 1.165) is 16.8 Å². The summed E-state index contributed by atoms with van der Waals surface area (Å²) in [5.41, 5.74) is 2.86. The van der Waals surface area contributed by atoms with Crippen LogP contribution in [0.5, 0.6) is 17.2 Å². The summed E-state index contributed by atoms with van der Waals surface area (Å²) in [5.74, 6) is 1.32. The molecule has 4 rings (SSSR count). The van der Waals surface area contributed by atoms with E-state index in [9.17, 15) is 4.39 Å². The number of nitrogens with one attached hydrogen (secondary N) is 1. The molecule has 1 N–H and O–H groups in total. The van der Waals surface area contributed by atoms with Crippen LogP contribution >= 0.6 is 12.2 Å². The maximum atomic E-state index is 14.3. The number of ether oxygens (including phenoxy) is 3. The minimum Gasteiger partial charge on any atom is -0.494 e. The van der Waals surface area contributed by atoms with Crippen LogP contribution in [0.4, 0.5) is 4.39 Å². The van der Waals surface area contributed by atoms with Crippen LogP contribution in [0.1, 0.15) is 24.4 Å². The van der Waals surface area contributed by atoms with Gasteiger partial charge in [0.05, 0.1) is 32.9 Å². The third-order valence-corrected chi connectivity index (χ3v) is 6.05. The fourth-order valence-electron chi connectivity index (χ4n) is 3.95. The third kappa shape index (κ3) is 4.57. The summed E-state index contributed by atoms with van der Waals surface area (Å²) in [4.78, 5) is 6.48. The normalized spacial score (nSPS) is 15.6. The lowest BCUT2D eigenvalue weighted by atomic mass is 9.94. The molecule has 0 fully saturated rings. The van der Waals surface area contributed by atoms with E-state index >= 15 is 0 Å². The van der Waals surface area contributed by atoms with Gasteiger partial charge in [0.2, 0.25) is 5.82 Å². The Morgan fingerprint density at radius 1 is 1.11 bits per heavy atom. The van der Waals surface area contributed by atoms with Crippen molar-refractivity contribution in [2.45, 2.75) is 13.0 Å². The summed E-state index contributed by atoms with van der Waals surface area (Å²) in [5, 5.41) is 7.99. The standard InChI is InChI=1S/C25H25FN4O4S/c1-6-11-30-14(2)21(22(27-25(30)35)15-7-10-19(32-4)20(13-15)33-5)24-28-23(29-34-24)16-8-9-18(31-3)17(26)12-16/h6-10,12-13,22H,1,11H2,2-5H3,(H,27,35). The van der Waals surface area contributed by atoms with Crippen LogP contribution < -0.4 is 19.5 Å². The van der Waals surface area contributed by atoms with E-state index in [1.807, 2.05) is 30.0 Å². The van der Waals surface area contributed by atoms with Gasteiger partial charge in [-0.1, -0.05) is 17.3 Å². The molecule has 182 valence electrons. The number of thiocarbonyl (C=S) groups is 1. The molecule has 0 amide bonds. The average Bonchev–Trinajstić information content (AvgIpc) is 3.35. The quantitative estimate of drug-likeness (QED) is 0.351. The van der Waals surface area contributed by atoms with Crippen LogP contribution in [-0.2, 0) is 0 Å². The van der Waals surface area contributed by atoms with Gasteiger partial charge in [-0.3, -0.25) is 0 Å². The van der Waals surface area contributed by atoms with E-state index in [2.05, 4.69) is 22.0 Å². The zero-order valence-electron chi connectivity index (χ0n) is 19.8. The van der Waals surface area contributed by atoms with Gasteiger partial charge in [-0.15, -0.1) is 6.58 Å². The fourth-order valence-corrected chi connectivity index (χ4v) is 4.27. The van der Waals surface area contributed by atoms with Crippen molar-refractivity contribution in [2.24, 2.45) is 0 Å². The van der Waals surface area contributed by atoms with Crippen LogP contribution in [-0.4, -0.2) is 48.0 Å². The number of hydrogen-bond acceptors (Lipinski definition) is 7. The molecular weight excluding hydrogens is 471 g/mol. The lowest BCUT2D eigenvalue weighted by molar-refractivity contribution is 0.354. The summed E-state index contributed by atoms with van der Waals surface area (Å²) in [7, 11) is 4.56. The van der Waals surface area contributed by atoms with Crippen molar-refractivity contribution in [3.05, 3.63) is 72.0 Å². The molecule has 1 aromatic heterocycles. The smallest absolute Gasteiger partial charge is 0.258 e. The van der Waals surface area contributed by atoms with Crippen molar-refractivity contribution in [3.63, 3.8) is 0 Å². The monoisotopic (exact) mass is 496 g/mol. The topological polar surface area (TPSA) is 81.9 Å². The lowest BCUT2D eigenvalue weighted by Gasteiger charge is -2.37. The predicted octanol–water partition coefficient (Wildman–Crippen LogP) is 4.75. The molecule has 0 aliphatic carbocycles. The molecule has 3 aromatic rings. The number of nitrogens with zero attached hydrogens (tertiary/aromatic N) is 3. The number of aromatic nitrogens is 2. The number of benzene rings is 2. The van der Waals surface area contributed by atoms with Gasteiger partial charge in [0, 0.05) is 17.8 Å². The molecule has 2 heterocycles. The van der Waals surface area contributed by atoms with Gasteiger partial charge in [0.15, 0.2) is 28.2 Å². The highest BCUT2D eigenvalue weighted by Gasteiger charge is 2.34. The molecule has 10 heteroatoms. The van der Waals surface area contributed by atoms with Crippen LogP contribution in [0.25, 0.3) is 17.0 Å². The van der Waals surface area contributed by atoms with Gasteiger partial charge in [-0.05, 0) is 55.0 Å². The first-order valence-corrected chi connectivity index (χ1v) is 11.1. The van der Waals surface area contributed by atoms with E-state index in [1.54, 1.807) is 26.4 Å². The van der Waals surface area contributed by atoms with Crippen LogP contribution in [0.2, 0.25) is 0 Å². The Bertz CT molecular complexity index is 1310. The van der Waals surface area contributed by atoms with Crippen LogP contribution in [0.3, 0.4) is 0 Å². The minimum atomic E-state index is -0.517. The Balaban J connectivity index is 1.82. The van der Waals surface area contributed by atoms with E-state index in [1.165, 1.54) is 19.2 Å². The van der Waals surface area contributed by atoms with Crippen molar-refractivity contribution in [1.82, 2.24) is 20.4 Å². The maximum absolute atomic E-state index is 14.3. The van der Waals surface area contributed by atoms with Crippen molar-refractivity contribution in [2.75, 3.05) is 27.9 Å². The number of halogens is 1. The summed E-state index contributed by atoms with van der Waals surface area (Å²) >= 11 is 5.64. The van der Waals surface area contributed by atoms with Gasteiger partial charge in [0.1, 0.15) is 0 Å². The summed E-state index contributed by atoms with van der Waals surface area (Å²) < 4.78 is 35.8. The first-order valence-electron chi connectivity index (χ1n) is 10.7. The number of methoxy groups -OCH3 is 3. The highest BCUT2D eigenvalue weighted by atomic mass is 32.1. The largest absolute Gasteiger partial charge is 0.494 e. The van der Waals surface area contributed by atoms with Crippen molar-refractivity contribution < 1.29 is 23.1 Å². The van der Waals surface area contributed by atoms with Gasteiger partial charge >= 0.3 is 0 Å². The zero-order chi connectivity index (χ0) is 25.1. The SMILES string of the molecule is C=CCN1C(=S)NC(c2ccc(OC)c(OC)c2)C(c2nc(-c3ccc(OC)c(F)c3)no2)=C1C. The molecule has 35 heavy (non-hydrogen) atoms. The highest BCUT2D eigenvalue weighted by Crippen LogP contribution is 2.40. The van der Waals surface area contributed by atoms with E-state index in [0.29, 0.717) is 28.7 Å². The molecule has 0 radical (unpaired) electrons. The minimum absolute atomic E-state index is 0.134. The van der Waals surface area contributed by atoms with Crippen molar-refractivity contribution in [1.29, 1.82) is 0 Å². The molecule has 8 nitrogen and oxygen atoms in total. The molecular formula is C25H25FN4O4S. The summed E-state index contributed by atoms with van der Waals surface area (Å²) in [6.07, 6.45) is 1.76. The third-order valence-electron chi connectivity index (χ3n) is 5.72. The van der Waals surface area contributed by atoms with E-state index in [-0.39, 0.29) is 17.5 Å². The Hall–Kier alpha value is -3.92. The Kier molecular flexibility index (Phi) is 7.02. The molecule has 1 unspecified atom stereocenters. The summed E-state index contributed by atoms with van der Waals surface area (Å²) in [6.45, 7) is 6.25. The van der Waals surface area contributed by atoms with Crippen LogP contribution in [0.15, 0.2) is 59.3 Å². The van der Waals surface area contributed by atoms with E-state index in [4.69, 9.17) is 31.0 Å². The average molecular weight is 497 g/mol. The zero-order valence-corrected chi connectivity index (χ0v) is 20.6. The van der Waals surface area contributed by atoms with Crippen molar-refractivity contribution in [3.8, 4) is 28.6 Å². The van der Waals surface area contributed by atoms with Gasteiger partial charge in [-0.25, -0.2) is 4.39 Å². The van der Waals surface area contributed by atoms with Gasteiger partial charge in [0.25, 0.3) is 5.89 Å². The Morgan fingerprint density at radius 3 is 2.49 bits per heavy atom. The lowest BCUT2D eigenvalue weighted by Crippen LogP contribution is -2.45. The van der Waals surface area contributed by atoms with Gasteiger partial charge in [-0.2, -0.15) is 4.98 Å². The molecule has 0 spiro atoms. The molecule has 1 aliphatic heterocycles.